The first-order valence-corrected chi connectivity index (χ1v) is 7.94. The lowest BCUT2D eigenvalue weighted by Crippen LogP contribution is -2.43. The van der Waals surface area contributed by atoms with Crippen molar-refractivity contribution in [1.29, 1.82) is 0 Å². The number of halogens is 2. The van der Waals surface area contributed by atoms with Crippen LogP contribution in [0.5, 0.6) is 0 Å². The molecule has 25 heavy (non-hydrogen) atoms. The van der Waals surface area contributed by atoms with E-state index >= 15 is 0 Å². The van der Waals surface area contributed by atoms with E-state index in [1.807, 2.05) is 0 Å². The smallest absolute Gasteiger partial charge is 0.310 e. The van der Waals surface area contributed by atoms with E-state index in [4.69, 9.17) is 27.9 Å². The van der Waals surface area contributed by atoms with Gasteiger partial charge in [-0.2, -0.15) is 0 Å². The minimum Gasteiger partial charge on any atom is -0.455 e. The fourth-order valence-corrected chi connectivity index (χ4v) is 2.05. The van der Waals surface area contributed by atoms with Gasteiger partial charge in [-0.05, 0) is 42.0 Å². The molecule has 0 fully saturated rings. The van der Waals surface area contributed by atoms with Crippen LogP contribution >= 0.6 is 23.2 Å². The fraction of sp³-hybridized carbons (Fsp3) is 0.118. The maximum absolute atomic E-state index is 11.8. The van der Waals surface area contributed by atoms with Crippen LogP contribution in [0.25, 0.3) is 0 Å². The summed E-state index contributed by atoms with van der Waals surface area (Å²) in [6.07, 6.45) is 0.0155. The molecule has 8 heteroatoms. The summed E-state index contributed by atoms with van der Waals surface area (Å²) in [6.45, 7) is -0.507. The third-order valence-corrected chi connectivity index (χ3v) is 3.55. The van der Waals surface area contributed by atoms with Gasteiger partial charge < -0.3 is 4.74 Å². The highest BCUT2D eigenvalue weighted by atomic mass is 35.5. The molecule has 0 aliphatic carbocycles. The van der Waals surface area contributed by atoms with Crippen molar-refractivity contribution in [3.8, 4) is 0 Å². The molecule has 2 aromatic carbocycles. The zero-order valence-electron chi connectivity index (χ0n) is 12.9. The Morgan fingerprint density at radius 1 is 0.840 bits per heavy atom. The first-order chi connectivity index (χ1) is 11.9. The molecule has 0 spiro atoms. The third kappa shape index (κ3) is 6.45. The van der Waals surface area contributed by atoms with E-state index in [9.17, 15) is 14.4 Å². The van der Waals surface area contributed by atoms with Crippen molar-refractivity contribution in [2.75, 3.05) is 6.61 Å². The van der Waals surface area contributed by atoms with Crippen molar-refractivity contribution >= 4 is 41.0 Å². The summed E-state index contributed by atoms with van der Waals surface area (Å²) in [5.41, 5.74) is 5.40. The molecule has 0 heterocycles. The minimum absolute atomic E-state index is 0.0155. The van der Waals surface area contributed by atoms with Gasteiger partial charge in [0.25, 0.3) is 11.8 Å². The topological polar surface area (TPSA) is 84.5 Å². The Hall–Kier alpha value is -2.57. The number of esters is 1. The molecule has 0 aromatic heterocycles. The van der Waals surface area contributed by atoms with Gasteiger partial charge in [-0.1, -0.05) is 35.3 Å². The summed E-state index contributed by atoms with van der Waals surface area (Å²) in [4.78, 5) is 35.0. The van der Waals surface area contributed by atoms with Gasteiger partial charge in [0.1, 0.15) is 0 Å². The predicted molar refractivity (Wildman–Crippen MR) is 93.2 cm³/mol. The number of ether oxygens (including phenoxy) is 1. The molecular formula is C17H14Cl2N2O4. The van der Waals surface area contributed by atoms with Gasteiger partial charge in [0, 0.05) is 15.6 Å². The maximum Gasteiger partial charge on any atom is 0.310 e. The molecule has 0 bridgehead atoms. The molecule has 2 amide bonds. The largest absolute Gasteiger partial charge is 0.455 e. The van der Waals surface area contributed by atoms with E-state index in [2.05, 4.69) is 10.9 Å². The van der Waals surface area contributed by atoms with E-state index < -0.39 is 24.4 Å². The van der Waals surface area contributed by atoms with E-state index in [1.54, 1.807) is 36.4 Å². The van der Waals surface area contributed by atoms with Gasteiger partial charge >= 0.3 is 5.97 Å². The molecule has 2 rings (SSSR count). The zero-order valence-corrected chi connectivity index (χ0v) is 14.4. The lowest BCUT2D eigenvalue weighted by atomic mass is 10.1. The summed E-state index contributed by atoms with van der Waals surface area (Å²) in [5.74, 6) is -1.74. The molecule has 0 unspecified atom stereocenters. The van der Waals surface area contributed by atoms with Crippen molar-refractivity contribution in [2.45, 2.75) is 6.42 Å². The van der Waals surface area contributed by atoms with Crippen LogP contribution in [0.4, 0.5) is 0 Å². The molecule has 0 saturated carbocycles. The SMILES string of the molecule is O=C(COC(=O)Cc1ccc(Cl)cc1)NNC(=O)c1ccc(Cl)cc1. The minimum atomic E-state index is -0.660. The Morgan fingerprint density at radius 2 is 1.40 bits per heavy atom. The first-order valence-electron chi connectivity index (χ1n) is 7.19. The van der Waals surface area contributed by atoms with Crippen molar-refractivity contribution in [3.05, 3.63) is 69.7 Å². The van der Waals surface area contributed by atoms with E-state index in [0.717, 1.165) is 0 Å². The average Bonchev–Trinajstić information content (AvgIpc) is 2.60. The van der Waals surface area contributed by atoms with Crippen LogP contribution in [0.2, 0.25) is 10.0 Å². The zero-order chi connectivity index (χ0) is 18.2. The molecule has 0 aliphatic rings. The fourth-order valence-electron chi connectivity index (χ4n) is 1.80. The highest BCUT2D eigenvalue weighted by molar-refractivity contribution is 6.30. The normalized spacial score (nSPS) is 10.0. The van der Waals surface area contributed by atoms with Crippen molar-refractivity contribution in [1.82, 2.24) is 10.9 Å². The van der Waals surface area contributed by atoms with E-state index in [1.165, 1.54) is 12.1 Å². The first kappa shape index (κ1) is 18.8. The molecule has 0 radical (unpaired) electrons. The molecule has 2 N–H and O–H groups in total. The van der Waals surface area contributed by atoms with Gasteiger partial charge in [0.2, 0.25) is 0 Å². The lowest BCUT2D eigenvalue weighted by molar-refractivity contribution is -0.148. The number of hydrazine groups is 1. The van der Waals surface area contributed by atoms with Crippen LogP contribution in [-0.4, -0.2) is 24.4 Å². The summed E-state index contributed by atoms with van der Waals surface area (Å²) in [5, 5.41) is 1.06. The number of carbonyl (C=O) groups excluding carboxylic acids is 3. The molecule has 6 nitrogen and oxygen atoms in total. The quantitative estimate of drug-likeness (QED) is 0.616. The van der Waals surface area contributed by atoms with E-state index in [-0.39, 0.29) is 6.42 Å². The second kappa shape index (κ2) is 9.05. The standard InChI is InChI=1S/C17H14Cl2N2O4/c18-13-5-1-11(2-6-13)9-16(23)25-10-15(22)20-21-17(24)12-3-7-14(19)8-4-12/h1-8H,9-10H2,(H,20,22)(H,21,24). The maximum atomic E-state index is 11.8. The monoisotopic (exact) mass is 380 g/mol. The Labute approximate surface area is 154 Å². The van der Waals surface area contributed by atoms with Gasteiger partial charge in [-0.25, -0.2) is 0 Å². The number of carbonyl (C=O) groups is 3. The number of hydrogen-bond donors (Lipinski definition) is 2. The van der Waals surface area contributed by atoms with Gasteiger partial charge in [-0.15, -0.1) is 0 Å². The molecular weight excluding hydrogens is 367 g/mol. The Balaban J connectivity index is 1.71. The van der Waals surface area contributed by atoms with Crippen molar-refractivity contribution in [2.24, 2.45) is 0 Å². The van der Waals surface area contributed by atoms with Crippen molar-refractivity contribution in [3.63, 3.8) is 0 Å². The molecule has 130 valence electrons. The summed E-state index contributed by atoms with van der Waals surface area (Å²) >= 11 is 11.5. The Kier molecular flexibility index (Phi) is 6.80. The molecule has 0 aliphatic heterocycles. The van der Waals surface area contributed by atoms with Crippen molar-refractivity contribution < 1.29 is 19.1 Å². The van der Waals surface area contributed by atoms with Crippen LogP contribution in [-0.2, 0) is 20.7 Å². The van der Waals surface area contributed by atoms with Gasteiger partial charge in [-0.3, -0.25) is 25.2 Å². The number of rotatable bonds is 5. The second-order valence-corrected chi connectivity index (χ2v) is 5.85. The Morgan fingerprint density at radius 3 is 2.00 bits per heavy atom. The van der Waals surface area contributed by atoms with Gasteiger partial charge in [0.05, 0.1) is 6.42 Å². The van der Waals surface area contributed by atoms with Gasteiger partial charge in [0.15, 0.2) is 6.61 Å². The van der Waals surface area contributed by atoms with Crippen LogP contribution in [0, 0.1) is 0 Å². The number of amides is 2. The molecule has 0 atom stereocenters. The summed E-state index contributed by atoms with van der Waals surface area (Å²) in [6, 6.07) is 12.8. The number of nitrogens with one attached hydrogen (secondary N) is 2. The lowest BCUT2D eigenvalue weighted by Gasteiger charge is -2.08. The van der Waals surface area contributed by atoms with Crippen LogP contribution in [0.3, 0.4) is 0 Å². The predicted octanol–water partition coefficient (Wildman–Crippen LogP) is 2.54. The van der Waals surface area contributed by atoms with E-state index in [0.29, 0.717) is 21.2 Å². The van der Waals surface area contributed by atoms with Crippen LogP contribution < -0.4 is 10.9 Å². The highest BCUT2D eigenvalue weighted by Gasteiger charge is 2.10. The average molecular weight is 381 g/mol. The molecule has 0 saturated heterocycles. The summed E-state index contributed by atoms with van der Waals surface area (Å²) in [7, 11) is 0. The number of hydrogen-bond acceptors (Lipinski definition) is 4. The van der Waals surface area contributed by atoms with Crippen LogP contribution in [0.1, 0.15) is 15.9 Å². The Bertz CT molecular complexity index is 761. The second-order valence-electron chi connectivity index (χ2n) is 4.97. The third-order valence-electron chi connectivity index (χ3n) is 3.05. The molecule has 2 aromatic rings. The summed E-state index contributed by atoms with van der Waals surface area (Å²) < 4.78 is 4.84. The highest BCUT2D eigenvalue weighted by Crippen LogP contribution is 2.10. The number of benzene rings is 2. The van der Waals surface area contributed by atoms with Crippen LogP contribution in [0.15, 0.2) is 48.5 Å².